The van der Waals surface area contributed by atoms with Gasteiger partial charge in [-0.15, -0.1) is 0 Å². The zero-order chi connectivity index (χ0) is 22.3. The smallest absolute Gasteiger partial charge is 0.198 e. The van der Waals surface area contributed by atoms with E-state index in [0.717, 1.165) is 22.3 Å². The fourth-order valence-electron chi connectivity index (χ4n) is 3.68. The fourth-order valence-corrected chi connectivity index (χ4v) is 3.68. The van der Waals surface area contributed by atoms with Gasteiger partial charge in [-0.2, -0.15) is 0 Å². The molecule has 3 heteroatoms. The van der Waals surface area contributed by atoms with Gasteiger partial charge in [-0.05, 0) is 22.3 Å². The summed E-state index contributed by atoms with van der Waals surface area (Å²) in [5.74, 6) is -0.217. The molecule has 4 aromatic carbocycles. The van der Waals surface area contributed by atoms with Crippen LogP contribution in [0, 0.1) is 0 Å². The Bertz CT molecular complexity index is 1160. The summed E-state index contributed by atoms with van der Waals surface area (Å²) in [4.78, 5) is 14.2. The summed E-state index contributed by atoms with van der Waals surface area (Å²) in [6, 6.07) is 38.0. The lowest BCUT2D eigenvalue weighted by Gasteiger charge is -2.17. The summed E-state index contributed by atoms with van der Waals surface area (Å²) in [5.41, 5.74) is 18.0. The van der Waals surface area contributed by atoms with Crippen LogP contribution in [-0.2, 0) is 4.79 Å². The van der Waals surface area contributed by atoms with Gasteiger partial charge in [-0.1, -0.05) is 121 Å². The molecule has 0 fully saturated rings. The van der Waals surface area contributed by atoms with Gasteiger partial charge in [-0.3, -0.25) is 4.79 Å². The first-order chi connectivity index (χ1) is 15.7. The van der Waals surface area contributed by atoms with Crippen LogP contribution < -0.4 is 11.5 Å². The van der Waals surface area contributed by atoms with E-state index in [-0.39, 0.29) is 5.78 Å². The van der Waals surface area contributed by atoms with E-state index in [0.29, 0.717) is 22.5 Å². The van der Waals surface area contributed by atoms with Crippen LogP contribution >= 0.6 is 0 Å². The third kappa shape index (κ3) is 4.37. The molecule has 4 rings (SSSR count). The van der Waals surface area contributed by atoms with E-state index in [1.165, 1.54) is 0 Å². The molecule has 0 unspecified atom stereocenters. The minimum atomic E-state index is -0.217. The predicted molar refractivity (Wildman–Crippen MR) is 133 cm³/mol. The van der Waals surface area contributed by atoms with E-state index in [9.17, 15) is 4.79 Å². The molecule has 4 aromatic rings. The summed E-state index contributed by atoms with van der Waals surface area (Å²) in [5, 5.41) is 0. The van der Waals surface area contributed by atoms with Crippen molar-refractivity contribution in [3.63, 3.8) is 0 Å². The van der Waals surface area contributed by atoms with Crippen molar-refractivity contribution < 1.29 is 4.79 Å². The Morgan fingerprint density at radius 1 is 0.406 bits per heavy atom. The molecule has 0 heterocycles. The summed E-state index contributed by atoms with van der Waals surface area (Å²) in [7, 11) is 0. The molecule has 3 nitrogen and oxygen atoms in total. The molecule has 32 heavy (non-hydrogen) atoms. The Morgan fingerprint density at radius 3 is 0.938 bits per heavy atom. The summed E-state index contributed by atoms with van der Waals surface area (Å²) in [6.45, 7) is 0. The maximum atomic E-state index is 14.2. The maximum absolute atomic E-state index is 14.2. The van der Waals surface area contributed by atoms with Crippen molar-refractivity contribution in [3.8, 4) is 0 Å². The van der Waals surface area contributed by atoms with Crippen molar-refractivity contribution in [1.29, 1.82) is 0 Å². The first kappa shape index (κ1) is 20.9. The monoisotopic (exact) mass is 416 g/mol. The van der Waals surface area contributed by atoms with E-state index in [2.05, 4.69) is 0 Å². The second-order valence-electron chi connectivity index (χ2n) is 7.37. The molecule has 0 aliphatic rings. The van der Waals surface area contributed by atoms with Gasteiger partial charge in [0.15, 0.2) is 5.78 Å². The number of hydrogen-bond acceptors (Lipinski definition) is 3. The van der Waals surface area contributed by atoms with Crippen molar-refractivity contribution in [2.75, 3.05) is 0 Å². The topological polar surface area (TPSA) is 69.1 Å². The quantitative estimate of drug-likeness (QED) is 0.317. The Balaban J connectivity index is 1.98. The molecule has 0 bridgehead atoms. The zero-order valence-electron chi connectivity index (χ0n) is 17.6. The molecular weight excluding hydrogens is 392 g/mol. The predicted octanol–water partition coefficient (Wildman–Crippen LogP) is 5.61. The normalized spacial score (nSPS) is 12.5. The van der Waals surface area contributed by atoms with Gasteiger partial charge in [-0.25, -0.2) is 0 Å². The molecule has 0 radical (unpaired) electrons. The van der Waals surface area contributed by atoms with Crippen LogP contribution in [0.15, 0.2) is 121 Å². The van der Waals surface area contributed by atoms with Crippen LogP contribution in [0.4, 0.5) is 0 Å². The SMILES string of the molecule is NC(=C(C(=O)C(=C(N)c1ccccc1)c1ccccc1)c1ccccc1)c1ccccc1. The van der Waals surface area contributed by atoms with E-state index in [1.54, 1.807) is 0 Å². The van der Waals surface area contributed by atoms with Crippen LogP contribution in [0.3, 0.4) is 0 Å². The molecule has 0 amide bonds. The van der Waals surface area contributed by atoms with Gasteiger partial charge in [0.2, 0.25) is 0 Å². The first-order valence-corrected chi connectivity index (χ1v) is 10.4. The number of benzene rings is 4. The zero-order valence-corrected chi connectivity index (χ0v) is 17.6. The van der Waals surface area contributed by atoms with Crippen molar-refractivity contribution in [1.82, 2.24) is 0 Å². The lowest BCUT2D eigenvalue weighted by Crippen LogP contribution is -2.15. The lowest BCUT2D eigenvalue weighted by molar-refractivity contribution is -0.108. The number of nitrogens with two attached hydrogens (primary N) is 2. The lowest BCUT2D eigenvalue weighted by atomic mass is 9.87. The van der Waals surface area contributed by atoms with Crippen molar-refractivity contribution in [3.05, 3.63) is 144 Å². The number of rotatable bonds is 6. The van der Waals surface area contributed by atoms with Gasteiger partial charge in [0.1, 0.15) is 0 Å². The number of carbonyl (C=O) groups excluding carboxylic acids is 1. The van der Waals surface area contributed by atoms with Crippen LogP contribution in [-0.4, -0.2) is 5.78 Å². The Labute approximate surface area is 188 Å². The third-order valence-electron chi connectivity index (χ3n) is 5.29. The Morgan fingerprint density at radius 2 is 0.656 bits per heavy atom. The molecule has 0 aromatic heterocycles. The highest BCUT2D eigenvalue weighted by atomic mass is 16.1. The van der Waals surface area contributed by atoms with Gasteiger partial charge in [0, 0.05) is 0 Å². The van der Waals surface area contributed by atoms with Gasteiger partial charge >= 0.3 is 0 Å². The average molecular weight is 417 g/mol. The standard InChI is InChI=1S/C29H24N2O/c30-27(23-17-9-3-10-18-23)25(21-13-5-1-6-14-21)29(32)26(22-15-7-2-8-16-22)28(31)24-19-11-4-12-20-24/h1-20H,30-31H2. The second-order valence-corrected chi connectivity index (χ2v) is 7.37. The minimum absolute atomic E-state index is 0.217. The number of carbonyl (C=O) groups is 1. The molecule has 4 N–H and O–H groups in total. The summed E-state index contributed by atoms with van der Waals surface area (Å²) >= 11 is 0. The number of allylic oxidation sites excluding steroid dienone is 2. The third-order valence-corrected chi connectivity index (χ3v) is 5.29. The van der Waals surface area contributed by atoms with Crippen molar-refractivity contribution in [2.45, 2.75) is 0 Å². The number of hydrogen-bond donors (Lipinski definition) is 2. The van der Waals surface area contributed by atoms with Gasteiger partial charge in [0.05, 0.1) is 22.5 Å². The molecule has 156 valence electrons. The first-order valence-electron chi connectivity index (χ1n) is 10.4. The number of Topliss-reactive ketones (excluding diaryl/α,β-unsaturated/α-hetero) is 1. The van der Waals surface area contributed by atoms with Crippen LogP contribution in [0.5, 0.6) is 0 Å². The van der Waals surface area contributed by atoms with Crippen molar-refractivity contribution in [2.24, 2.45) is 11.5 Å². The van der Waals surface area contributed by atoms with Crippen molar-refractivity contribution >= 4 is 28.3 Å². The fraction of sp³-hybridized carbons (Fsp3) is 0. The van der Waals surface area contributed by atoms with E-state index < -0.39 is 0 Å². The van der Waals surface area contributed by atoms with Crippen LogP contribution in [0.1, 0.15) is 22.3 Å². The summed E-state index contributed by atoms with van der Waals surface area (Å²) < 4.78 is 0. The molecule has 0 atom stereocenters. The van der Waals surface area contributed by atoms with Gasteiger partial charge < -0.3 is 11.5 Å². The Kier molecular flexibility index (Phi) is 6.28. The highest BCUT2D eigenvalue weighted by molar-refractivity contribution is 6.48. The minimum Gasteiger partial charge on any atom is -0.398 e. The maximum Gasteiger partial charge on any atom is 0.198 e. The molecular formula is C29H24N2O. The molecule has 0 aliphatic carbocycles. The highest BCUT2D eigenvalue weighted by Crippen LogP contribution is 2.33. The second kappa shape index (κ2) is 9.63. The molecule has 0 aliphatic heterocycles. The van der Waals surface area contributed by atoms with Gasteiger partial charge in [0.25, 0.3) is 0 Å². The molecule has 0 spiro atoms. The Hall–Kier alpha value is -4.37. The molecule has 0 saturated carbocycles. The van der Waals surface area contributed by atoms with E-state index in [1.807, 2.05) is 121 Å². The summed E-state index contributed by atoms with van der Waals surface area (Å²) in [6.07, 6.45) is 0. The van der Waals surface area contributed by atoms with E-state index >= 15 is 0 Å². The largest absolute Gasteiger partial charge is 0.398 e. The highest BCUT2D eigenvalue weighted by Gasteiger charge is 2.24. The number of ketones is 1. The van der Waals surface area contributed by atoms with E-state index in [4.69, 9.17) is 11.5 Å². The average Bonchev–Trinajstić information content (AvgIpc) is 2.86. The van der Waals surface area contributed by atoms with Crippen LogP contribution in [0.25, 0.3) is 22.5 Å². The van der Waals surface area contributed by atoms with Crippen LogP contribution in [0.2, 0.25) is 0 Å². The molecule has 0 saturated heterocycles.